The molecule has 2 atom stereocenters. The van der Waals surface area contributed by atoms with Gasteiger partial charge in [0.25, 0.3) is 5.91 Å². The lowest BCUT2D eigenvalue weighted by Gasteiger charge is -2.43. The number of hydrogen-bond donors (Lipinski definition) is 1. The van der Waals surface area contributed by atoms with E-state index < -0.39 is 0 Å². The van der Waals surface area contributed by atoms with Gasteiger partial charge in [0.2, 0.25) is 0 Å². The zero-order chi connectivity index (χ0) is 11.8. The first-order valence-corrected chi connectivity index (χ1v) is 6.30. The quantitative estimate of drug-likeness (QED) is 0.800. The lowest BCUT2D eigenvalue weighted by Crippen LogP contribution is -2.49. The maximum atomic E-state index is 12.2. The van der Waals surface area contributed by atoms with Crippen molar-refractivity contribution in [3.63, 3.8) is 0 Å². The maximum Gasteiger partial charge on any atom is 0.289 e. The molecule has 1 aromatic rings. The second-order valence-corrected chi connectivity index (χ2v) is 5.39. The van der Waals surface area contributed by atoms with Gasteiger partial charge in [-0.2, -0.15) is 0 Å². The Morgan fingerprint density at radius 2 is 2.00 bits per heavy atom. The Labute approximate surface area is 101 Å². The second-order valence-electron chi connectivity index (χ2n) is 5.39. The molecule has 1 aliphatic heterocycles. The van der Waals surface area contributed by atoms with Crippen molar-refractivity contribution in [2.45, 2.75) is 25.3 Å². The first kappa shape index (κ1) is 10.8. The van der Waals surface area contributed by atoms with Gasteiger partial charge in [-0.15, -0.1) is 0 Å². The van der Waals surface area contributed by atoms with E-state index in [2.05, 4.69) is 0 Å². The molecular formula is C13H18N2O2. The minimum atomic E-state index is 0.0279. The van der Waals surface area contributed by atoms with Gasteiger partial charge in [-0.25, -0.2) is 0 Å². The minimum Gasteiger partial charge on any atom is -0.459 e. The van der Waals surface area contributed by atoms with E-state index in [9.17, 15) is 4.79 Å². The number of likely N-dealkylation sites (tertiary alicyclic amines) is 1. The van der Waals surface area contributed by atoms with Crippen molar-refractivity contribution in [2.75, 3.05) is 13.1 Å². The van der Waals surface area contributed by atoms with E-state index in [1.54, 1.807) is 18.4 Å². The number of carbonyl (C=O) groups is 1. The SMILES string of the molecule is NC1CC2CC(C1)CN(C(=O)c1ccco1)C2. The van der Waals surface area contributed by atoms with Crippen LogP contribution in [0.2, 0.25) is 0 Å². The number of carbonyl (C=O) groups excluding carboxylic acids is 1. The smallest absolute Gasteiger partial charge is 0.289 e. The van der Waals surface area contributed by atoms with Crippen molar-refractivity contribution in [3.8, 4) is 0 Å². The molecule has 0 aromatic carbocycles. The topological polar surface area (TPSA) is 59.5 Å². The predicted molar refractivity (Wildman–Crippen MR) is 63.4 cm³/mol. The molecule has 4 nitrogen and oxygen atoms in total. The minimum absolute atomic E-state index is 0.0279. The van der Waals surface area contributed by atoms with Crippen molar-refractivity contribution < 1.29 is 9.21 Å². The van der Waals surface area contributed by atoms with E-state index in [0.29, 0.717) is 23.6 Å². The number of amides is 1. The van der Waals surface area contributed by atoms with Crippen LogP contribution in [-0.2, 0) is 0 Å². The number of fused-ring (bicyclic) bond motifs is 2. The summed E-state index contributed by atoms with van der Waals surface area (Å²) < 4.78 is 5.18. The van der Waals surface area contributed by atoms with Crippen molar-refractivity contribution in [1.29, 1.82) is 0 Å². The fraction of sp³-hybridized carbons (Fsp3) is 0.615. The van der Waals surface area contributed by atoms with Crippen LogP contribution in [0.3, 0.4) is 0 Å². The number of nitrogens with two attached hydrogens (primary N) is 1. The van der Waals surface area contributed by atoms with Gasteiger partial charge in [0.05, 0.1) is 6.26 Å². The van der Waals surface area contributed by atoms with Gasteiger partial charge in [-0.3, -0.25) is 4.79 Å². The molecule has 2 fully saturated rings. The molecule has 2 aliphatic rings. The third kappa shape index (κ3) is 2.09. The van der Waals surface area contributed by atoms with Crippen molar-refractivity contribution >= 4 is 5.91 Å². The highest BCUT2D eigenvalue weighted by atomic mass is 16.3. The molecular weight excluding hydrogens is 216 g/mol. The zero-order valence-electron chi connectivity index (χ0n) is 9.84. The number of furan rings is 1. The fourth-order valence-electron chi connectivity index (χ4n) is 3.33. The Kier molecular flexibility index (Phi) is 2.67. The van der Waals surface area contributed by atoms with E-state index >= 15 is 0 Å². The van der Waals surface area contributed by atoms with E-state index in [4.69, 9.17) is 10.2 Å². The van der Waals surface area contributed by atoms with Crippen LogP contribution in [0.25, 0.3) is 0 Å². The first-order chi connectivity index (χ1) is 8.22. The van der Waals surface area contributed by atoms with E-state index in [1.165, 1.54) is 6.42 Å². The molecule has 0 spiro atoms. The lowest BCUT2D eigenvalue weighted by molar-refractivity contribution is 0.0448. The number of rotatable bonds is 1. The molecule has 1 saturated carbocycles. The van der Waals surface area contributed by atoms with Crippen LogP contribution >= 0.6 is 0 Å². The van der Waals surface area contributed by atoms with Gasteiger partial charge in [-0.05, 0) is 43.2 Å². The van der Waals surface area contributed by atoms with Gasteiger partial charge in [0.15, 0.2) is 5.76 Å². The van der Waals surface area contributed by atoms with E-state index in [0.717, 1.165) is 25.9 Å². The zero-order valence-corrected chi connectivity index (χ0v) is 9.84. The van der Waals surface area contributed by atoms with Gasteiger partial charge < -0.3 is 15.1 Å². The largest absolute Gasteiger partial charge is 0.459 e. The molecule has 1 aromatic heterocycles. The Balaban J connectivity index is 1.72. The summed E-state index contributed by atoms with van der Waals surface area (Å²) in [5.41, 5.74) is 6.02. The number of piperidine rings is 1. The Morgan fingerprint density at radius 3 is 2.59 bits per heavy atom. The summed E-state index contributed by atoms with van der Waals surface area (Å²) in [5, 5.41) is 0. The summed E-state index contributed by atoms with van der Waals surface area (Å²) in [5.74, 6) is 1.64. The highest BCUT2D eigenvalue weighted by molar-refractivity contribution is 5.91. The third-order valence-electron chi connectivity index (χ3n) is 3.92. The molecule has 2 bridgehead atoms. The van der Waals surface area contributed by atoms with Gasteiger partial charge in [0.1, 0.15) is 0 Å². The summed E-state index contributed by atoms with van der Waals surface area (Å²) >= 11 is 0. The molecule has 2 unspecified atom stereocenters. The summed E-state index contributed by atoms with van der Waals surface area (Å²) in [6.07, 6.45) is 4.89. The summed E-state index contributed by atoms with van der Waals surface area (Å²) in [7, 11) is 0. The highest BCUT2D eigenvalue weighted by Crippen LogP contribution is 2.34. The van der Waals surface area contributed by atoms with Crippen LogP contribution < -0.4 is 5.73 Å². The Morgan fingerprint density at radius 1 is 1.29 bits per heavy atom. The van der Waals surface area contributed by atoms with Gasteiger partial charge in [-0.1, -0.05) is 0 Å². The monoisotopic (exact) mass is 234 g/mol. The van der Waals surface area contributed by atoms with Crippen molar-refractivity contribution in [1.82, 2.24) is 4.90 Å². The highest BCUT2D eigenvalue weighted by Gasteiger charge is 2.36. The van der Waals surface area contributed by atoms with Crippen molar-refractivity contribution in [3.05, 3.63) is 24.2 Å². The second kappa shape index (κ2) is 4.18. The van der Waals surface area contributed by atoms with E-state index in [1.807, 2.05) is 4.90 Å². The van der Waals surface area contributed by atoms with Crippen LogP contribution in [0.15, 0.2) is 22.8 Å². The summed E-state index contributed by atoms with van der Waals surface area (Å²) in [6.45, 7) is 1.67. The molecule has 1 amide bonds. The average molecular weight is 234 g/mol. The van der Waals surface area contributed by atoms with Crippen molar-refractivity contribution in [2.24, 2.45) is 17.6 Å². The standard InChI is InChI=1S/C13H18N2O2/c14-11-5-9-4-10(6-11)8-15(7-9)13(16)12-2-1-3-17-12/h1-3,9-11H,4-8,14H2. The van der Waals surface area contributed by atoms with Crippen LogP contribution in [0, 0.1) is 11.8 Å². The average Bonchev–Trinajstić information content (AvgIpc) is 2.79. The Hall–Kier alpha value is -1.29. The molecule has 2 N–H and O–H groups in total. The summed E-state index contributed by atoms with van der Waals surface area (Å²) in [6, 6.07) is 3.83. The summed E-state index contributed by atoms with van der Waals surface area (Å²) in [4.78, 5) is 14.1. The molecule has 17 heavy (non-hydrogen) atoms. The third-order valence-corrected chi connectivity index (χ3v) is 3.92. The maximum absolute atomic E-state index is 12.2. The molecule has 1 saturated heterocycles. The van der Waals surface area contributed by atoms with Crippen LogP contribution in [-0.4, -0.2) is 29.9 Å². The molecule has 3 rings (SSSR count). The number of hydrogen-bond acceptors (Lipinski definition) is 3. The van der Waals surface area contributed by atoms with Crippen LogP contribution in [0.1, 0.15) is 29.8 Å². The molecule has 1 aliphatic carbocycles. The van der Waals surface area contributed by atoms with Crippen LogP contribution in [0.4, 0.5) is 0 Å². The normalized spacial score (nSPS) is 32.5. The molecule has 4 heteroatoms. The fourth-order valence-corrected chi connectivity index (χ4v) is 3.33. The first-order valence-electron chi connectivity index (χ1n) is 6.30. The molecule has 92 valence electrons. The van der Waals surface area contributed by atoms with Crippen LogP contribution in [0.5, 0.6) is 0 Å². The number of nitrogens with zero attached hydrogens (tertiary/aromatic N) is 1. The molecule has 0 radical (unpaired) electrons. The Bertz CT molecular complexity index is 384. The van der Waals surface area contributed by atoms with Gasteiger partial charge >= 0.3 is 0 Å². The van der Waals surface area contributed by atoms with E-state index in [-0.39, 0.29) is 5.91 Å². The predicted octanol–water partition coefficient (Wildman–Crippen LogP) is 1.48. The van der Waals surface area contributed by atoms with Gasteiger partial charge in [0, 0.05) is 19.1 Å². The molecule has 2 heterocycles. The lowest BCUT2D eigenvalue weighted by atomic mass is 9.75.